The lowest BCUT2D eigenvalue weighted by Crippen LogP contribution is -2.30. The number of nitrogens with one attached hydrogen (secondary N) is 1. The van der Waals surface area contributed by atoms with Gasteiger partial charge >= 0.3 is 0 Å². The third kappa shape index (κ3) is 5.85. The molecule has 2 aromatic carbocycles. The Balaban J connectivity index is 1.58. The van der Waals surface area contributed by atoms with Crippen LogP contribution in [0.2, 0.25) is 0 Å². The molecule has 1 saturated carbocycles. The molecule has 0 bridgehead atoms. The summed E-state index contributed by atoms with van der Waals surface area (Å²) in [5.41, 5.74) is 5.99. The van der Waals surface area contributed by atoms with Crippen LogP contribution in [0, 0.1) is 17.2 Å². The summed E-state index contributed by atoms with van der Waals surface area (Å²) in [5, 5.41) is 22.0. The van der Waals surface area contributed by atoms with Crippen LogP contribution in [0.25, 0.3) is 22.4 Å². The molecular weight excluding hydrogens is 492 g/mol. The number of carbonyl (C=O) groups is 2. The molecule has 0 radical (unpaired) electrons. The molecule has 39 heavy (non-hydrogen) atoms. The Bertz CT molecular complexity index is 1410. The number of aromatic nitrogens is 1. The van der Waals surface area contributed by atoms with Crippen molar-refractivity contribution in [2.75, 3.05) is 26.9 Å². The minimum atomic E-state index is -0.317. The Morgan fingerprint density at radius 1 is 1.13 bits per heavy atom. The highest BCUT2D eigenvalue weighted by molar-refractivity contribution is 5.94. The van der Waals surface area contributed by atoms with Gasteiger partial charge in [0.25, 0.3) is 5.91 Å². The van der Waals surface area contributed by atoms with E-state index in [1.165, 1.54) is 0 Å². The van der Waals surface area contributed by atoms with Gasteiger partial charge in [-0.05, 0) is 66.1 Å². The maximum absolute atomic E-state index is 13.3. The molecule has 3 aromatic rings. The largest absolute Gasteiger partial charge is 0.396 e. The first kappa shape index (κ1) is 26.5. The van der Waals surface area contributed by atoms with Crippen molar-refractivity contribution >= 4 is 11.8 Å². The molecule has 1 aromatic heterocycles. The Labute approximate surface area is 228 Å². The molecule has 8 nitrogen and oxygen atoms in total. The Morgan fingerprint density at radius 3 is 2.59 bits per heavy atom. The zero-order chi connectivity index (χ0) is 27.4. The van der Waals surface area contributed by atoms with Gasteiger partial charge in [-0.2, -0.15) is 5.26 Å². The van der Waals surface area contributed by atoms with Gasteiger partial charge < -0.3 is 20.1 Å². The van der Waals surface area contributed by atoms with E-state index in [0.717, 1.165) is 40.7 Å². The highest BCUT2D eigenvalue weighted by atomic mass is 16.5. The van der Waals surface area contributed by atoms with Gasteiger partial charge in [-0.25, -0.2) is 4.98 Å². The summed E-state index contributed by atoms with van der Waals surface area (Å²) in [6, 6.07) is 18.9. The van der Waals surface area contributed by atoms with E-state index in [1.54, 1.807) is 25.3 Å². The Morgan fingerprint density at radius 2 is 1.90 bits per heavy atom. The summed E-state index contributed by atoms with van der Waals surface area (Å²) < 4.78 is 5.06. The second kappa shape index (κ2) is 11.8. The molecule has 0 unspecified atom stereocenters. The summed E-state index contributed by atoms with van der Waals surface area (Å²) in [6.45, 7) is 1.06. The molecule has 1 fully saturated rings. The average Bonchev–Trinajstić information content (AvgIpc) is 3.71. The molecule has 0 saturated heterocycles. The van der Waals surface area contributed by atoms with Crippen LogP contribution in [-0.2, 0) is 16.1 Å². The summed E-state index contributed by atoms with van der Waals surface area (Å²) in [5.74, 6) is 0.219. The lowest BCUT2D eigenvalue weighted by molar-refractivity contribution is -0.134. The van der Waals surface area contributed by atoms with Gasteiger partial charge in [0.15, 0.2) is 0 Å². The van der Waals surface area contributed by atoms with Crippen LogP contribution in [-0.4, -0.2) is 53.7 Å². The lowest BCUT2D eigenvalue weighted by atomic mass is 9.93. The number of carbonyl (C=O) groups excluding carboxylic acids is 2. The van der Waals surface area contributed by atoms with Gasteiger partial charge in [0, 0.05) is 44.4 Å². The minimum absolute atomic E-state index is 0.0682. The maximum atomic E-state index is 13.3. The van der Waals surface area contributed by atoms with Crippen LogP contribution in [0.1, 0.15) is 58.9 Å². The number of rotatable bonds is 10. The van der Waals surface area contributed by atoms with Gasteiger partial charge in [0.05, 0.1) is 30.0 Å². The Kier molecular flexibility index (Phi) is 8.01. The van der Waals surface area contributed by atoms with Crippen molar-refractivity contribution in [3.63, 3.8) is 0 Å². The molecular formula is C31H32N4O4. The number of nitrogens with zero attached hydrogens (tertiary/aromatic N) is 3. The second-order valence-corrected chi connectivity index (χ2v) is 10.1. The van der Waals surface area contributed by atoms with E-state index in [9.17, 15) is 14.7 Å². The highest BCUT2D eigenvalue weighted by Gasteiger charge is 2.38. The second-order valence-electron chi connectivity index (χ2n) is 10.1. The van der Waals surface area contributed by atoms with E-state index in [0.29, 0.717) is 49.7 Å². The molecule has 1 aliphatic carbocycles. The molecule has 200 valence electrons. The third-order valence-corrected chi connectivity index (χ3v) is 7.39. The summed E-state index contributed by atoms with van der Waals surface area (Å²) in [7, 11) is 1.58. The molecule has 8 heteroatoms. The number of benzene rings is 2. The Hall–Kier alpha value is -4.06. The van der Waals surface area contributed by atoms with Gasteiger partial charge in [-0.15, -0.1) is 0 Å². The van der Waals surface area contributed by atoms with Crippen LogP contribution < -0.4 is 5.32 Å². The number of aliphatic hydroxyl groups is 1. The van der Waals surface area contributed by atoms with Crippen LogP contribution in [0.3, 0.4) is 0 Å². The van der Waals surface area contributed by atoms with Crippen molar-refractivity contribution in [2.24, 2.45) is 5.92 Å². The number of nitriles is 1. The van der Waals surface area contributed by atoms with E-state index >= 15 is 0 Å². The average molecular weight is 525 g/mol. The standard InChI is InChI=1S/C31H32N4O4/c1-39-14-12-33-31(38)26-17-25-19-35(28(37)15-20-5-6-20)27(11-13-36)29(25)30(34-26)24-4-2-3-23(16-24)22-9-7-21(18-32)8-10-22/h2-4,7-10,16-17,20,27,36H,5-6,11-15,19H2,1H3,(H,33,38)/t27-/m1/s1. The third-order valence-electron chi connectivity index (χ3n) is 7.39. The van der Waals surface area contributed by atoms with Gasteiger partial charge in [-0.3, -0.25) is 9.59 Å². The summed E-state index contributed by atoms with van der Waals surface area (Å²) >= 11 is 0. The van der Waals surface area contributed by atoms with Crippen LogP contribution >= 0.6 is 0 Å². The van der Waals surface area contributed by atoms with E-state index in [2.05, 4.69) is 11.4 Å². The van der Waals surface area contributed by atoms with Crippen LogP contribution in [0.15, 0.2) is 54.6 Å². The van der Waals surface area contributed by atoms with E-state index in [4.69, 9.17) is 15.0 Å². The van der Waals surface area contributed by atoms with Gasteiger partial charge in [0.2, 0.25) is 5.91 Å². The fourth-order valence-corrected chi connectivity index (χ4v) is 5.21. The summed E-state index contributed by atoms with van der Waals surface area (Å²) in [4.78, 5) is 33.0. The molecule has 2 heterocycles. The van der Waals surface area contributed by atoms with E-state index in [-0.39, 0.29) is 30.2 Å². The molecule has 1 atom stereocenters. The molecule has 2 aliphatic rings. The molecule has 1 aliphatic heterocycles. The molecule has 2 amide bonds. The number of amides is 2. The number of hydrogen-bond donors (Lipinski definition) is 2. The highest BCUT2D eigenvalue weighted by Crippen LogP contribution is 2.44. The predicted octanol–water partition coefficient (Wildman–Crippen LogP) is 4.23. The summed E-state index contributed by atoms with van der Waals surface area (Å²) in [6.07, 6.45) is 3.07. The number of aliphatic hydroxyl groups excluding tert-OH is 1. The molecule has 0 spiro atoms. The predicted molar refractivity (Wildman–Crippen MR) is 146 cm³/mol. The van der Waals surface area contributed by atoms with Crippen molar-refractivity contribution in [3.05, 3.63) is 77.0 Å². The fourth-order valence-electron chi connectivity index (χ4n) is 5.21. The number of ether oxygens (including phenoxy) is 1. The maximum Gasteiger partial charge on any atom is 0.269 e. The molecule has 2 N–H and O–H groups in total. The number of methoxy groups -OCH3 is 1. The zero-order valence-electron chi connectivity index (χ0n) is 22.0. The first-order valence-electron chi connectivity index (χ1n) is 13.3. The van der Waals surface area contributed by atoms with Crippen molar-refractivity contribution in [2.45, 2.75) is 38.3 Å². The van der Waals surface area contributed by atoms with Crippen LogP contribution in [0.5, 0.6) is 0 Å². The zero-order valence-corrected chi connectivity index (χ0v) is 22.0. The number of hydrogen-bond acceptors (Lipinski definition) is 6. The van der Waals surface area contributed by atoms with Crippen LogP contribution in [0.4, 0.5) is 0 Å². The quantitative estimate of drug-likeness (QED) is 0.384. The van der Waals surface area contributed by atoms with E-state index in [1.807, 2.05) is 41.3 Å². The van der Waals surface area contributed by atoms with Crippen molar-refractivity contribution in [3.8, 4) is 28.5 Å². The monoisotopic (exact) mass is 524 g/mol. The first-order chi connectivity index (χ1) is 19.0. The van der Waals surface area contributed by atoms with E-state index < -0.39 is 0 Å². The van der Waals surface area contributed by atoms with Crippen molar-refractivity contribution in [1.82, 2.24) is 15.2 Å². The van der Waals surface area contributed by atoms with Crippen molar-refractivity contribution in [1.29, 1.82) is 5.26 Å². The topological polar surface area (TPSA) is 116 Å². The fraction of sp³-hybridized carbons (Fsp3) is 0.355. The lowest BCUT2D eigenvalue weighted by Gasteiger charge is -2.26. The normalized spacial score (nSPS) is 16.0. The van der Waals surface area contributed by atoms with Gasteiger partial charge in [0.1, 0.15) is 5.69 Å². The number of fused-ring (bicyclic) bond motifs is 1. The minimum Gasteiger partial charge on any atom is -0.396 e. The molecule has 5 rings (SSSR count). The SMILES string of the molecule is COCCNC(=O)c1cc2c(c(-c3cccc(-c4ccc(C#N)cc4)c3)n1)[C@@H](CCO)N(C(=O)CC1CC1)C2. The van der Waals surface area contributed by atoms with Crippen molar-refractivity contribution < 1.29 is 19.4 Å². The smallest absolute Gasteiger partial charge is 0.269 e. The van der Waals surface area contributed by atoms with Gasteiger partial charge in [-0.1, -0.05) is 30.3 Å². The first-order valence-corrected chi connectivity index (χ1v) is 13.3. The number of pyridine rings is 1.